The van der Waals surface area contributed by atoms with Gasteiger partial charge in [-0.2, -0.15) is 0 Å². The Balaban J connectivity index is 1.61. The van der Waals surface area contributed by atoms with Crippen LogP contribution in [-0.2, 0) is 0 Å². The van der Waals surface area contributed by atoms with Gasteiger partial charge in [-0.3, -0.25) is 0 Å². The highest BCUT2D eigenvalue weighted by Crippen LogP contribution is 2.26. The van der Waals surface area contributed by atoms with Crippen molar-refractivity contribution in [3.8, 4) is 17.1 Å². The Bertz CT molecular complexity index is 1080. The summed E-state index contributed by atoms with van der Waals surface area (Å²) >= 11 is 6.02. The van der Waals surface area contributed by atoms with Gasteiger partial charge in [0.2, 0.25) is 0 Å². The molecule has 0 bridgehead atoms. The van der Waals surface area contributed by atoms with Crippen molar-refractivity contribution in [1.29, 1.82) is 0 Å². The van der Waals surface area contributed by atoms with E-state index in [-0.39, 0.29) is 5.75 Å². The fourth-order valence-corrected chi connectivity index (χ4v) is 2.84. The van der Waals surface area contributed by atoms with E-state index in [9.17, 15) is 5.11 Å². The van der Waals surface area contributed by atoms with Crippen molar-refractivity contribution in [2.24, 2.45) is 0 Å². The predicted octanol–water partition coefficient (Wildman–Crippen LogP) is 6.02. The number of aromatic hydroxyl groups is 1. The van der Waals surface area contributed by atoms with Gasteiger partial charge in [0.05, 0.1) is 5.69 Å². The number of phenolic OH excluding ortho intramolecular Hbond substituents is 1. The van der Waals surface area contributed by atoms with Gasteiger partial charge in [-0.05, 0) is 48.6 Å². The number of furan rings is 1. The lowest BCUT2D eigenvalue weighted by Gasteiger charge is -2.01. The third-order valence-electron chi connectivity index (χ3n) is 3.87. The second-order valence-electron chi connectivity index (χ2n) is 5.63. The summed E-state index contributed by atoms with van der Waals surface area (Å²) in [7, 11) is 0. The Morgan fingerprint density at radius 1 is 0.920 bits per heavy atom. The molecule has 0 fully saturated rings. The Kier molecular flexibility index (Phi) is 4.00. The van der Waals surface area contributed by atoms with Crippen molar-refractivity contribution in [2.45, 2.75) is 0 Å². The Hall–Kier alpha value is -3.04. The van der Waals surface area contributed by atoms with Crippen LogP contribution in [0.4, 0.5) is 0 Å². The molecule has 2 aromatic carbocycles. The number of rotatable bonds is 3. The summed E-state index contributed by atoms with van der Waals surface area (Å²) in [6.07, 6.45) is 3.70. The summed E-state index contributed by atoms with van der Waals surface area (Å²) in [5.41, 5.74) is 2.26. The molecule has 0 saturated heterocycles. The van der Waals surface area contributed by atoms with Gasteiger partial charge in [0, 0.05) is 16.0 Å². The lowest BCUT2D eigenvalue weighted by Crippen LogP contribution is -1.83. The van der Waals surface area contributed by atoms with E-state index in [2.05, 4.69) is 4.98 Å². The van der Waals surface area contributed by atoms with Crippen LogP contribution in [0.5, 0.6) is 5.75 Å². The zero-order valence-corrected chi connectivity index (χ0v) is 13.9. The van der Waals surface area contributed by atoms with Gasteiger partial charge in [-0.25, -0.2) is 4.98 Å². The molecule has 0 aliphatic carbocycles. The number of aromatic nitrogens is 1. The summed E-state index contributed by atoms with van der Waals surface area (Å²) in [5, 5.41) is 11.5. The minimum atomic E-state index is 0.175. The molecule has 1 N–H and O–H groups in total. The second-order valence-corrected chi connectivity index (χ2v) is 6.07. The molecule has 0 saturated carbocycles. The summed E-state index contributed by atoms with van der Waals surface area (Å²) in [6.45, 7) is 0. The van der Waals surface area contributed by atoms with Crippen molar-refractivity contribution >= 4 is 34.7 Å². The SMILES string of the molecule is Oc1cccc2ccc(C=Cc3ccc(-c4cccc(Cl)c4)o3)nc12. The summed E-state index contributed by atoms with van der Waals surface area (Å²) in [5.74, 6) is 1.65. The molecule has 4 rings (SSSR count). The van der Waals surface area contributed by atoms with Gasteiger partial charge >= 0.3 is 0 Å². The van der Waals surface area contributed by atoms with Crippen LogP contribution in [0.3, 0.4) is 0 Å². The number of hydrogen-bond acceptors (Lipinski definition) is 3. The first-order valence-electron chi connectivity index (χ1n) is 7.82. The monoisotopic (exact) mass is 347 g/mol. The van der Waals surface area contributed by atoms with Crippen LogP contribution in [0.1, 0.15) is 11.5 Å². The van der Waals surface area contributed by atoms with E-state index >= 15 is 0 Å². The number of pyridine rings is 1. The highest BCUT2D eigenvalue weighted by Gasteiger charge is 2.04. The third kappa shape index (κ3) is 3.28. The van der Waals surface area contributed by atoms with Crippen LogP contribution >= 0.6 is 11.6 Å². The van der Waals surface area contributed by atoms with E-state index < -0.39 is 0 Å². The minimum absolute atomic E-state index is 0.175. The van der Waals surface area contributed by atoms with E-state index in [0.717, 1.165) is 22.4 Å². The molecular formula is C21H14ClNO2. The molecule has 0 amide bonds. The average Bonchev–Trinajstić information content (AvgIpc) is 3.10. The molecule has 4 aromatic rings. The first-order chi connectivity index (χ1) is 12.2. The molecule has 0 aliphatic rings. The van der Waals surface area contributed by atoms with Crippen LogP contribution in [-0.4, -0.2) is 10.1 Å². The van der Waals surface area contributed by atoms with Crippen molar-refractivity contribution in [3.05, 3.63) is 83.2 Å². The molecule has 25 heavy (non-hydrogen) atoms. The second kappa shape index (κ2) is 6.46. The smallest absolute Gasteiger partial charge is 0.141 e. The fourth-order valence-electron chi connectivity index (χ4n) is 2.65. The summed E-state index contributed by atoms with van der Waals surface area (Å²) in [6, 6.07) is 20.5. The van der Waals surface area contributed by atoms with Gasteiger partial charge in [0.25, 0.3) is 0 Å². The van der Waals surface area contributed by atoms with Crippen LogP contribution in [0, 0.1) is 0 Å². The lowest BCUT2D eigenvalue weighted by atomic mass is 10.2. The van der Waals surface area contributed by atoms with Gasteiger partial charge in [-0.1, -0.05) is 41.9 Å². The zero-order chi connectivity index (χ0) is 17.2. The van der Waals surface area contributed by atoms with E-state index in [4.69, 9.17) is 16.0 Å². The first-order valence-corrected chi connectivity index (χ1v) is 8.19. The Labute approximate surface area is 149 Å². The third-order valence-corrected chi connectivity index (χ3v) is 4.11. The number of phenols is 1. The van der Waals surface area contributed by atoms with E-state index in [1.807, 2.05) is 66.7 Å². The highest BCUT2D eigenvalue weighted by atomic mass is 35.5. The Morgan fingerprint density at radius 3 is 2.68 bits per heavy atom. The molecule has 3 nitrogen and oxygen atoms in total. The summed E-state index contributed by atoms with van der Waals surface area (Å²) < 4.78 is 5.84. The molecule has 122 valence electrons. The number of para-hydroxylation sites is 1. The molecule has 2 aromatic heterocycles. The van der Waals surface area contributed by atoms with Crippen molar-refractivity contribution < 1.29 is 9.52 Å². The largest absolute Gasteiger partial charge is 0.506 e. The summed E-state index contributed by atoms with van der Waals surface area (Å²) in [4.78, 5) is 4.47. The van der Waals surface area contributed by atoms with Crippen LogP contribution < -0.4 is 0 Å². The standard InChI is InChI=1S/C21H14ClNO2/c22-16-5-1-4-15(13-16)20-12-11-18(25-20)10-9-17-8-7-14-3-2-6-19(24)21(14)23-17/h1-13,24H. The topological polar surface area (TPSA) is 46.3 Å². The van der Waals surface area contributed by atoms with Gasteiger partial charge < -0.3 is 9.52 Å². The van der Waals surface area contributed by atoms with E-state index in [1.165, 1.54) is 0 Å². The number of halogens is 1. The highest BCUT2D eigenvalue weighted by molar-refractivity contribution is 6.30. The predicted molar refractivity (Wildman–Crippen MR) is 101 cm³/mol. The maximum Gasteiger partial charge on any atom is 0.141 e. The normalized spacial score (nSPS) is 11.4. The zero-order valence-electron chi connectivity index (χ0n) is 13.2. The van der Waals surface area contributed by atoms with Gasteiger partial charge in [0.1, 0.15) is 22.8 Å². The molecule has 0 aliphatic heterocycles. The Morgan fingerprint density at radius 2 is 1.80 bits per heavy atom. The van der Waals surface area contributed by atoms with Crippen molar-refractivity contribution in [2.75, 3.05) is 0 Å². The maximum absolute atomic E-state index is 9.92. The fraction of sp³-hybridized carbons (Fsp3) is 0. The molecule has 0 radical (unpaired) electrons. The molecule has 4 heteroatoms. The van der Waals surface area contributed by atoms with Crippen LogP contribution in [0.2, 0.25) is 5.02 Å². The molecular weight excluding hydrogens is 334 g/mol. The number of nitrogens with zero attached hydrogens (tertiary/aromatic N) is 1. The van der Waals surface area contributed by atoms with Gasteiger partial charge in [0.15, 0.2) is 0 Å². The van der Waals surface area contributed by atoms with E-state index in [1.54, 1.807) is 12.1 Å². The molecule has 0 atom stereocenters. The number of benzene rings is 2. The number of hydrogen-bond donors (Lipinski definition) is 1. The lowest BCUT2D eigenvalue weighted by molar-refractivity contribution is 0.480. The van der Waals surface area contributed by atoms with Crippen molar-refractivity contribution in [3.63, 3.8) is 0 Å². The molecule has 2 heterocycles. The van der Waals surface area contributed by atoms with E-state index in [0.29, 0.717) is 16.3 Å². The van der Waals surface area contributed by atoms with Gasteiger partial charge in [-0.15, -0.1) is 0 Å². The maximum atomic E-state index is 9.92. The van der Waals surface area contributed by atoms with Crippen LogP contribution in [0.15, 0.2) is 71.1 Å². The van der Waals surface area contributed by atoms with Crippen LogP contribution in [0.25, 0.3) is 34.4 Å². The minimum Gasteiger partial charge on any atom is -0.506 e. The molecule has 0 unspecified atom stereocenters. The van der Waals surface area contributed by atoms with Crippen molar-refractivity contribution in [1.82, 2.24) is 4.98 Å². The quantitative estimate of drug-likeness (QED) is 0.492. The first kappa shape index (κ1) is 15.5. The number of fused-ring (bicyclic) bond motifs is 1. The average molecular weight is 348 g/mol. The molecule has 0 spiro atoms.